The van der Waals surface area contributed by atoms with Gasteiger partial charge in [-0.15, -0.1) is 0 Å². The average molecular weight is 899 g/mol. The molecule has 0 aromatic heterocycles. The van der Waals surface area contributed by atoms with Crippen molar-refractivity contribution in [2.24, 2.45) is 0 Å². The van der Waals surface area contributed by atoms with Crippen LogP contribution in [0.5, 0.6) is 0 Å². The van der Waals surface area contributed by atoms with Gasteiger partial charge >= 0.3 is 17.9 Å². The zero-order chi connectivity index (χ0) is 47.2. The Kier molecular flexibility index (Phi) is 49.1. The molecule has 0 saturated carbocycles. The first kappa shape index (κ1) is 60.8. The van der Waals surface area contributed by atoms with Crippen molar-refractivity contribution < 1.29 is 28.6 Å². The van der Waals surface area contributed by atoms with Crippen LogP contribution in [0.2, 0.25) is 0 Å². The highest BCUT2D eigenvalue weighted by atomic mass is 16.6. The Bertz CT molecular complexity index is 1400. The van der Waals surface area contributed by atoms with E-state index in [1.165, 1.54) is 89.9 Å². The van der Waals surface area contributed by atoms with Gasteiger partial charge in [0.25, 0.3) is 0 Å². The maximum absolute atomic E-state index is 12.8. The van der Waals surface area contributed by atoms with E-state index in [0.717, 1.165) is 83.5 Å². The molecule has 0 fully saturated rings. The second-order valence-electron chi connectivity index (χ2n) is 16.9. The number of rotatable bonds is 45. The highest BCUT2D eigenvalue weighted by Gasteiger charge is 2.19. The van der Waals surface area contributed by atoms with Gasteiger partial charge in [0, 0.05) is 19.3 Å². The molecule has 0 aliphatic heterocycles. The number of hydrogen-bond donors (Lipinski definition) is 0. The lowest BCUT2D eigenvalue weighted by atomic mass is 10.0. The molecular weight excluding hydrogens is 805 g/mol. The molecule has 0 aromatic rings. The van der Waals surface area contributed by atoms with E-state index < -0.39 is 6.10 Å². The van der Waals surface area contributed by atoms with Crippen LogP contribution in [0.15, 0.2) is 122 Å². The SMILES string of the molecule is CC\C=C/C=C\C=C/C=C\C=C\C=C/CCCCCC(=O)OCC(COC(=O)CCCCC\C=C/C=C\C=C/C=C\CC)OC(=O)CCCCCCCCCCCCCCCCCCC. The van der Waals surface area contributed by atoms with Gasteiger partial charge in [0.2, 0.25) is 0 Å². The van der Waals surface area contributed by atoms with Gasteiger partial charge < -0.3 is 14.2 Å². The summed E-state index contributed by atoms with van der Waals surface area (Å²) in [5, 5.41) is 0. The van der Waals surface area contributed by atoms with Gasteiger partial charge in [-0.25, -0.2) is 0 Å². The zero-order valence-electron chi connectivity index (χ0n) is 41.7. The van der Waals surface area contributed by atoms with Crippen LogP contribution >= 0.6 is 0 Å². The summed E-state index contributed by atoms with van der Waals surface area (Å²) in [6, 6.07) is 0. The highest BCUT2D eigenvalue weighted by Crippen LogP contribution is 2.15. The summed E-state index contributed by atoms with van der Waals surface area (Å²) < 4.78 is 16.7. The van der Waals surface area contributed by atoms with E-state index >= 15 is 0 Å². The van der Waals surface area contributed by atoms with E-state index in [4.69, 9.17) is 14.2 Å². The molecule has 6 nitrogen and oxygen atoms in total. The predicted molar refractivity (Wildman–Crippen MR) is 279 cm³/mol. The molecule has 6 heteroatoms. The number of unbranched alkanes of at least 4 members (excludes halogenated alkanes) is 22. The maximum Gasteiger partial charge on any atom is 0.306 e. The number of carbonyl (C=O) groups is 3. The van der Waals surface area contributed by atoms with E-state index in [2.05, 4.69) is 45.1 Å². The summed E-state index contributed by atoms with van der Waals surface area (Å²) in [5.74, 6) is -0.997. The lowest BCUT2D eigenvalue weighted by molar-refractivity contribution is -0.167. The van der Waals surface area contributed by atoms with Crippen molar-refractivity contribution in [3.8, 4) is 0 Å². The van der Waals surface area contributed by atoms with Gasteiger partial charge in [0.15, 0.2) is 6.10 Å². The molecule has 1 unspecified atom stereocenters. The van der Waals surface area contributed by atoms with Crippen molar-refractivity contribution in [2.45, 2.75) is 219 Å². The van der Waals surface area contributed by atoms with Crippen LogP contribution in [0, 0.1) is 0 Å². The normalized spacial score (nSPS) is 13.1. The first-order chi connectivity index (χ1) is 32.0. The van der Waals surface area contributed by atoms with Crippen LogP contribution < -0.4 is 0 Å². The molecule has 0 saturated heterocycles. The third kappa shape index (κ3) is 50.7. The van der Waals surface area contributed by atoms with E-state index in [1.54, 1.807) is 0 Å². The zero-order valence-corrected chi connectivity index (χ0v) is 41.7. The summed E-state index contributed by atoms with van der Waals surface area (Å²) in [4.78, 5) is 38.0. The average Bonchev–Trinajstić information content (AvgIpc) is 3.30. The molecule has 0 aromatic carbocycles. The number of esters is 3. The molecule has 0 heterocycles. The Morgan fingerprint density at radius 2 is 0.600 bits per heavy atom. The molecule has 0 radical (unpaired) electrons. The van der Waals surface area contributed by atoms with Crippen molar-refractivity contribution in [2.75, 3.05) is 13.2 Å². The van der Waals surface area contributed by atoms with Crippen molar-refractivity contribution in [3.63, 3.8) is 0 Å². The monoisotopic (exact) mass is 899 g/mol. The van der Waals surface area contributed by atoms with Gasteiger partial charge in [0.1, 0.15) is 13.2 Å². The Morgan fingerprint density at radius 1 is 0.323 bits per heavy atom. The second-order valence-corrected chi connectivity index (χ2v) is 16.9. The number of allylic oxidation sites excluding steroid dienone is 20. The van der Waals surface area contributed by atoms with Gasteiger partial charge in [-0.1, -0.05) is 258 Å². The molecule has 0 spiro atoms. The molecule has 366 valence electrons. The molecule has 65 heavy (non-hydrogen) atoms. The van der Waals surface area contributed by atoms with E-state index in [9.17, 15) is 14.4 Å². The van der Waals surface area contributed by atoms with Crippen LogP contribution in [-0.4, -0.2) is 37.2 Å². The standard InChI is InChI=1S/C59H94O6/c1-4-7-10-13-16-19-22-25-27-29-31-34-37-40-43-46-49-52-58(61)64-55-56(54-63-57(60)51-48-45-42-39-36-33-24-21-18-15-12-9-6-3)65-59(62)53-50-47-44-41-38-35-32-30-28-26-23-20-17-14-11-8-5-2/h7,9-10,12-13,15-16,18-19,21-22,24-25,27,29,31,33-34,36-37,56H,4-6,8,11,14,17,20,23,26,28,30,32,35,38-55H2,1-3H3/b10-7-,12-9-,16-13-,18-15-,22-19-,24-21-,27-25-,31-29+,36-33-,37-34-. The molecule has 0 aliphatic carbocycles. The Hall–Kier alpha value is -4.19. The molecule has 0 N–H and O–H groups in total. The van der Waals surface area contributed by atoms with E-state index in [1.807, 2.05) is 97.2 Å². The summed E-state index contributed by atoms with van der Waals surface area (Å²) in [7, 11) is 0. The van der Waals surface area contributed by atoms with Crippen LogP contribution in [0.4, 0.5) is 0 Å². The van der Waals surface area contributed by atoms with Crippen molar-refractivity contribution in [3.05, 3.63) is 122 Å². The molecule has 0 bridgehead atoms. The minimum absolute atomic E-state index is 0.115. The minimum atomic E-state index is -0.814. The fraction of sp³-hybridized carbons (Fsp3) is 0.610. The van der Waals surface area contributed by atoms with Gasteiger partial charge in [-0.2, -0.15) is 0 Å². The smallest absolute Gasteiger partial charge is 0.306 e. The number of ether oxygens (including phenoxy) is 3. The largest absolute Gasteiger partial charge is 0.462 e. The first-order valence-corrected chi connectivity index (χ1v) is 26.2. The fourth-order valence-corrected chi connectivity index (χ4v) is 6.84. The van der Waals surface area contributed by atoms with Gasteiger partial charge in [-0.3, -0.25) is 14.4 Å². The van der Waals surface area contributed by atoms with Gasteiger partial charge in [-0.05, 0) is 57.8 Å². The second kappa shape index (κ2) is 52.4. The predicted octanol–water partition coefficient (Wildman–Crippen LogP) is 17.3. The molecular formula is C59H94O6. The minimum Gasteiger partial charge on any atom is -0.462 e. The van der Waals surface area contributed by atoms with Crippen molar-refractivity contribution >= 4 is 17.9 Å². The molecule has 0 rings (SSSR count). The summed E-state index contributed by atoms with van der Waals surface area (Å²) >= 11 is 0. The maximum atomic E-state index is 12.8. The van der Waals surface area contributed by atoms with Crippen molar-refractivity contribution in [1.29, 1.82) is 0 Å². The molecule has 0 amide bonds. The Balaban J connectivity index is 4.52. The van der Waals surface area contributed by atoms with E-state index in [-0.39, 0.29) is 31.1 Å². The van der Waals surface area contributed by atoms with Crippen LogP contribution in [0.3, 0.4) is 0 Å². The first-order valence-electron chi connectivity index (χ1n) is 26.2. The Labute approximate surface area is 399 Å². The Morgan fingerprint density at radius 3 is 0.938 bits per heavy atom. The van der Waals surface area contributed by atoms with Crippen molar-refractivity contribution in [1.82, 2.24) is 0 Å². The fourth-order valence-electron chi connectivity index (χ4n) is 6.84. The van der Waals surface area contributed by atoms with Crippen LogP contribution in [0.1, 0.15) is 213 Å². The summed E-state index contributed by atoms with van der Waals surface area (Å²) in [5.41, 5.74) is 0. The number of carbonyl (C=O) groups excluding carboxylic acids is 3. The lowest BCUT2D eigenvalue weighted by Gasteiger charge is -2.18. The van der Waals surface area contributed by atoms with Crippen LogP contribution in [-0.2, 0) is 28.6 Å². The van der Waals surface area contributed by atoms with Crippen LogP contribution in [0.25, 0.3) is 0 Å². The summed E-state index contributed by atoms with van der Waals surface area (Å²) in [6.45, 7) is 6.27. The lowest BCUT2D eigenvalue weighted by Crippen LogP contribution is -2.30. The third-order valence-corrected chi connectivity index (χ3v) is 10.7. The quantitative estimate of drug-likeness (QED) is 0.0262. The highest BCUT2D eigenvalue weighted by molar-refractivity contribution is 5.71. The number of hydrogen-bond acceptors (Lipinski definition) is 6. The van der Waals surface area contributed by atoms with E-state index in [0.29, 0.717) is 19.3 Å². The third-order valence-electron chi connectivity index (χ3n) is 10.7. The summed E-state index contributed by atoms with van der Waals surface area (Å²) in [6.07, 6.45) is 71.8. The van der Waals surface area contributed by atoms with Gasteiger partial charge in [0.05, 0.1) is 0 Å². The molecule has 1 atom stereocenters. The topological polar surface area (TPSA) is 78.9 Å². The molecule has 0 aliphatic rings.